The summed E-state index contributed by atoms with van der Waals surface area (Å²) >= 11 is 0. The van der Waals surface area contributed by atoms with Gasteiger partial charge in [-0.05, 0) is 17.7 Å². The first-order valence-electron chi connectivity index (χ1n) is 5.40. The van der Waals surface area contributed by atoms with E-state index in [1.807, 2.05) is 24.3 Å². The number of ether oxygens (including phenoxy) is 3. The summed E-state index contributed by atoms with van der Waals surface area (Å²) < 4.78 is 16.0. The second-order valence-electron chi connectivity index (χ2n) is 3.78. The minimum atomic E-state index is -0.147. The maximum absolute atomic E-state index is 6.12. The Balaban J connectivity index is 2.04. The molecule has 1 saturated heterocycles. The fourth-order valence-corrected chi connectivity index (χ4v) is 1.75. The van der Waals surface area contributed by atoms with Crippen LogP contribution in [0.1, 0.15) is 11.6 Å². The largest absolute Gasteiger partial charge is 0.497 e. The van der Waals surface area contributed by atoms with Crippen molar-refractivity contribution < 1.29 is 14.2 Å². The van der Waals surface area contributed by atoms with Crippen molar-refractivity contribution in [2.75, 3.05) is 26.9 Å². The zero-order valence-corrected chi connectivity index (χ0v) is 9.39. The van der Waals surface area contributed by atoms with Crippen molar-refractivity contribution in [3.05, 3.63) is 29.8 Å². The molecule has 0 aliphatic carbocycles. The number of nitrogens with two attached hydrogens (primary N) is 1. The SMILES string of the molecule is COc1ccc(C(N)C2COCCO2)cc1. The lowest BCUT2D eigenvalue weighted by molar-refractivity contribution is -0.0975. The zero-order valence-electron chi connectivity index (χ0n) is 9.39. The Morgan fingerprint density at radius 1 is 1.31 bits per heavy atom. The van der Waals surface area contributed by atoms with Crippen molar-refractivity contribution in [3.8, 4) is 5.75 Å². The van der Waals surface area contributed by atoms with Gasteiger partial charge in [0.25, 0.3) is 0 Å². The molecule has 88 valence electrons. The van der Waals surface area contributed by atoms with E-state index in [1.165, 1.54) is 0 Å². The van der Waals surface area contributed by atoms with Crippen LogP contribution in [0.2, 0.25) is 0 Å². The Hall–Kier alpha value is -1.10. The van der Waals surface area contributed by atoms with Gasteiger partial charge in [-0.15, -0.1) is 0 Å². The topological polar surface area (TPSA) is 53.7 Å². The van der Waals surface area contributed by atoms with Crippen LogP contribution in [-0.4, -0.2) is 33.0 Å². The molecule has 4 nitrogen and oxygen atoms in total. The number of hydrogen-bond donors (Lipinski definition) is 1. The Morgan fingerprint density at radius 2 is 2.06 bits per heavy atom. The molecule has 2 unspecified atom stereocenters. The third kappa shape index (κ3) is 2.52. The summed E-state index contributed by atoms with van der Waals surface area (Å²) in [5, 5.41) is 0. The molecule has 2 atom stereocenters. The highest BCUT2D eigenvalue weighted by Crippen LogP contribution is 2.21. The summed E-state index contributed by atoms with van der Waals surface area (Å²) in [5.41, 5.74) is 7.15. The Bertz CT molecular complexity index is 320. The van der Waals surface area contributed by atoms with E-state index >= 15 is 0 Å². The first-order chi connectivity index (χ1) is 7.81. The van der Waals surface area contributed by atoms with Gasteiger partial charge in [-0.1, -0.05) is 12.1 Å². The normalized spacial score (nSPS) is 22.8. The highest BCUT2D eigenvalue weighted by molar-refractivity contribution is 5.29. The number of hydrogen-bond acceptors (Lipinski definition) is 4. The van der Waals surface area contributed by atoms with Crippen LogP contribution in [-0.2, 0) is 9.47 Å². The number of rotatable bonds is 3. The fourth-order valence-electron chi connectivity index (χ4n) is 1.75. The van der Waals surface area contributed by atoms with Gasteiger partial charge in [0.2, 0.25) is 0 Å². The molecule has 2 rings (SSSR count). The first kappa shape index (κ1) is 11.4. The molecule has 1 heterocycles. The van der Waals surface area contributed by atoms with E-state index in [9.17, 15) is 0 Å². The van der Waals surface area contributed by atoms with E-state index in [0.29, 0.717) is 19.8 Å². The molecule has 2 N–H and O–H groups in total. The zero-order chi connectivity index (χ0) is 11.4. The minimum Gasteiger partial charge on any atom is -0.497 e. The van der Waals surface area contributed by atoms with Gasteiger partial charge in [-0.25, -0.2) is 0 Å². The van der Waals surface area contributed by atoms with Crippen molar-refractivity contribution in [1.29, 1.82) is 0 Å². The van der Waals surface area contributed by atoms with E-state index < -0.39 is 0 Å². The van der Waals surface area contributed by atoms with E-state index in [2.05, 4.69) is 0 Å². The van der Waals surface area contributed by atoms with Gasteiger partial charge in [0.05, 0.1) is 33.0 Å². The molecule has 1 fully saturated rings. The summed E-state index contributed by atoms with van der Waals surface area (Å²) in [6.07, 6.45) is -0.0536. The lowest BCUT2D eigenvalue weighted by Gasteiger charge is -2.28. The lowest BCUT2D eigenvalue weighted by atomic mass is 10.0. The number of benzene rings is 1. The smallest absolute Gasteiger partial charge is 0.118 e. The molecule has 1 aliphatic heterocycles. The molecular formula is C12H17NO3. The number of methoxy groups -OCH3 is 1. The average molecular weight is 223 g/mol. The standard InChI is InChI=1S/C12H17NO3/c1-14-10-4-2-9(3-5-10)12(13)11-8-15-6-7-16-11/h2-5,11-12H,6-8,13H2,1H3. The van der Waals surface area contributed by atoms with Gasteiger partial charge in [0.1, 0.15) is 11.9 Å². The van der Waals surface area contributed by atoms with Crippen LogP contribution in [0.3, 0.4) is 0 Å². The highest BCUT2D eigenvalue weighted by Gasteiger charge is 2.23. The maximum atomic E-state index is 6.12. The van der Waals surface area contributed by atoms with Crippen molar-refractivity contribution in [2.24, 2.45) is 5.73 Å². The molecule has 0 aromatic heterocycles. The van der Waals surface area contributed by atoms with Crippen LogP contribution in [0.4, 0.5) is 0 Å². The molecule has 0 amide bonds. The van der Waals surface area contributed by atoms with Crippen LogP contribution >= 0.6 is 0 Å². The second kappa shape index (κ2) is 5.30. The van der Waals surface area contributed by atoms with E-state index in [0.717, 1.165) is 11.3 Å². The Labute approximate surface area is 95.3 Å². The summed E-state index contributed by atoms with van der Waals surface area (Å²) in [7, 11) is 1.65. The van der Waals surface area contributed by atoms with Crippen LogP contribution in [0.5, 0.6) is 5.75 Å². The van der Waals surface area contributed by atoms with Crippen LogP contribution in [0.25, 0.3) is 0 Å². The van der Waals surface area contributed by atoms with Gasteiger partial charge in [0, 0.05) is 0 Å². The highest BCUT2D eigenvalue weighted by atomic mass is 16.6. The molecule has 0 saturated carbocycles. The molecule has 1 aliphatic rings. The average Bonchev–Trinajstić information content (AvgIpc) is 2.39. The summed E-state index contributed by atoms with van der Waals surface area (Å²) in [6.45, 7) is 1.84. The molecule has 0 spiro atoms. The van der Waals surface area contributed by atoms with Crippen molar-refractivity contribution >= 4 is 0 Å². The predicted octanol–water partition coefficient (Wildman–Crippen LogP) is 1.11. The molecule has 0 radical (unpaired) electrons. The molecular weight excluding hydrogens is 206 g/mol. The first-order valence-corrected chi connectivity index (χ1v) is 5.40. The Kier molecular flexibility index (Phi) is 3.77. The minimum absolute atomic E-state index is 0.0536. The van der Waals surface area contributed by atoms with Crippen LogP contribution < -0.4 is 10.5 Å². The maximum Gasteiger partial charge on any atom is 0.118 e. The predicted molar refractivity (Wildman–Crippen MR) is 60.5 cm³/mol. The molecule has 16 heavy (non-hydrogen) atoms. The van der Waals surface area contributed by atoms with Gasteiger partial charge >= 0.3 is 0 Å². The monoisotopic (exact) mass is 223 g/mol. The summed E-state index contributed by atoms with van der Waals surface area (Å²) in [4.78, 5) is 0. The van der Waals surface area contributed by atoms with Crippen molar-refractivity contribution in [1.82, 2.24) is 0 Å². The van der Waals surface area contributed by atoms with Crippen LogP contribution in [0, 0.1) is 0 Å². The third-order valence-corrected chi connectivity index (χ3v) is 2.74. The molecule has 1 aromatic rings. The molecule has 4 heteroatoms. The van der Waals surface area contributed by atoms with E-state index in [-0.39, 0.29) is 12.1 Å². The third-order valence-electron chi connectivity index (χ3n) is 2.74. The Morgan fingerprint density at radius 3 is 2.62 bits per heavy atom. The van der Waals surface area contributed by atoms with Gasteiger partial charge < -0.3 is 19.9 Å². The van der Waals surface area contributed by atoms with Gasteiger partial charge in [-0.2, -0.15) is 0 Å². The summed E-state index contributed by atoms with van der Waals surface area (Å²) in [6, 6.07) is 7.58. The summed E-state index contributed by atoms with van der Waals surface area (Å²) in [5.74, 6) is 0.830. The van der Waals surface area contributed by atoms with Gasteiger partial charge in [0.15, 0.2) is 0 Å². The van der Waals surface area contributed by atoms with E-state index in [1.54, 1.807) is 7.11 Å². The van der Waals surface area contributed by atoms with Gasteiger partial charge in [-0.3, -0.25) is 0 Å². The van der Waals surface area contributed by atoms with Crippen LogP contribution in [0.15, 0.2) is 24.3 Å². The molecule has 1 aromatic carbocycles. The second-order valence-corrected chi connectivity index (χ2v) is 3.78. The lowest BCUT2D eigenvalue weighted by Crippen LogP contribution is -2.37. The van der Waals surface area contributed by atoms with E-state index in [4.69, 9.17) is 19.9 Å². The fraction of sp³-hybridized carbons (Fsp3) is 0.500. The van der Waals surface area contributed by atoms with Crippen molar-refractivity contribution in [2.45, 2.75) is 12.1 Å². The quantitative estimate of drug-likeness (QED) is 0.834. The van der Waals surface area contributed by atoms with Crippen molar-refractivity contribution in [3.63, 3.8) is 0 Å². The molecule has 0 bridgehead atoms.